The van der Waals surface area contributed by atoms with Gasteiger partial charge in [0.25, 0.3) is 0 Å². The lowest BCUT2D eigenvalue weighted by atomic mass is 10.0. The van der Waals surface area contributed by atoms with Crippen LogP contribution in [-0.4, -0.2) is 57.9 Å². The van der Waals surface area contributed by atoms with Gasteiger partial charge >= 0.3 is 5.97 Å². The summed E-state index contributed by atoms with van der Waals surface area (Å²) in [4.78, 5) is 43.3. The van der Waals surface area contributed by atoms with Crippen LogP contribution in [0.25, 0.3) is 10.8 Å². The van der Waals surface area contributed by atoms with Crippen molar-refractivity contribution in [2.45, 2.75) is 37.9 Å². The fraction of sp³-hybridized carbons (Fsp3) is 0.308. The highest BCUT2D eigenvalue weighted by Crippen LogP contribution is 2.22. The monoisotopic (exact) mass is 475 g/mol. The Balaban J connectivity index is 1.43. The van der Waals surface area contributed by atoms with E-state index in [0.29, 0.717) is 38.2 Å². The number of carbonyl (C=O) groups is 3. The summed E-state index contributed by atoms with van der Waals surface area (Å²) in [7, 11) is 0. The first-order chi connectivity index (χ1) is 16.9. The Hall–Kier alpha value is -3.98. The predicted octanol–water partition coefficient (Wildman–Crippen LogP) is 1.71. The maximum absolute atomic E-state index is 13.4. The molecule has 9 nitrogen and oxygen atoms in total. The number of nitrogens with two attached hydrogens (primary N) is 1. The fourth-order valence-electron chi connectivity index (χ4n) is 4.47. The molecule has 3 aromatic rings. The van der Waals surface area contributed by atoms with Crippen LogP contribution < -0.4 is 16.4 Å². The van der Waals surface area contributed by atoms with Crippen molar-refractivity contribution in [1.29, 1.82) is 0 Å². The largest absolute Gasteiger partial charge is 0.480 e. The van der Waals surface area contributed by atoms with E-state index < -0.39 is 18.1 Å². The summed E-state index contributed by atoms with van der Waals surface area (Å²) in [5, 5.41) is 16.7. The van der Waals surface area contributed by atoms with Gasteiger partial charge in [-0.2, -0.15) is 0 Å². The number of benzene rings is 2. The van der Waals surface area contributed by atoms with Gasteiger partial charge in [0, 0.05) is 24.7 Å². The second-order valence-corrected chi connectivity index (χ2v) is 8.68. The number of nitrogens with zero attached hydrogens (tertiary/aromatic N) is 2. The van der Waals surface area contributed by atoms with Crippen LogP contribution in [0.2, 0.25) is 0 Å². The summed E-state index contributed by atoms with van der Waals surface area (Å²) in [6, 6.07) is 15.7. The number of aliphatic carboxylic acids is 1. The van der Waals surface area contributed by atoms with Gasteiger partial charge in [-0.3, -0.25) is 19.7 Å². The van der Waals surface area contributed by atoms with Crippen LogP contribution in [0.3, 0.4) is 0 Å². The van der Waals surface area contributed by atoms with Gasteiger partial charge in [0.05, 0.1) is 12.6 Å². The van der Waals surface area contributed by atoms with Crippen molar-refractivity contribution in [2.75, 3.05) is 18.8 Å². The zero-order valence-electron chi connectivity index (χ0n) is 19.3. The molecule has 2 aromatic carbocycles. The van der Waals surface area contributed by atoms with E-state index >= 15 is 0 Å². The van der Waals surface area contributed by atoms with Crippen LogP contribution in [-0.2, 0) is 27.3 Å². The number of nitrogens with one attached hydrogen (secondary N) is 2. The average molecular weight is 476 g/mol. The zero-order valence-corrected chi connectivity index (χ0v) is 19.3. The molecule has 1 aliphatic heterocycles. The van der Waals surface area contributed by atoms with Crippen molar-refractivity contribution in [3.8, 4) is 0 Å². The van der Waals surface area contributed by atoms with Gasteiger partial charge in [-0.25, -0.2) is 4.98 Å². The Labute approximate surface area is 203 Å². The molecule has 0 bridgehead atoms. The number of hydrogen-bond donors (Lipinski definition) is 4. The van der Waals surface area contributed by atoms with Crippen LogP contribution in [0.15, 0.2) is 60.8 Å². The highest BCUT2D eigenvalue weighted by atomic mass is 16.4. The number of carboxylic acids is 1. The van der Waals surface area contributed by atoms with E-state index in [1.165, 1.54) is 0 Å². The quantitative estimate of drug-likeness (QED) is 0.370. The van der Waals surface area contributed by atoms with Crippen molar-refractivity contribution in [2.24, 2.45) is 0 Å². The van der Waals surface area contributed by atoms with E-state index in [9.17, 15) is 14.4 Å². The van der Waals surface area contributed by atoms with Crippen LogP contribution in [0, 0.1) is 0 Å². The first-order valence-corrected chi connectivity index (χ1v) is 11.6. The molecule has 1 aliphatic rings. The summed E-state index contributed by atoms with van der Waals surface area (Å²) < 4.78 is 0. The number of aromatic nitrogens is 1. The summed E-state index contributed by atoms with van der Waals surface area (Å²) >= 11 is 0. The maximum Gasteiger partial charge on any atom is 0.317 e. The number of nitrogen functional groups attached to an aromatic ring is 1. The van der Waals surface area contributed by atoms with Crippen molar-refractivity contribution >= 4 is 34.4 Å². The molecule has 5 N–H and O–H groups in total. The molecule has 9 heteroatoms. The number of pyridine rings is 1. The van der Waals surface area contributed by atoms with Gasteiger partial charge in [0.2, 0.25) is 11.8 Å². The molecule has 2 amide bonds. The minimum Gasteiger partial charge on any atom is -0.480 e. The minimum absolute atomic E-state index is 0.230. The van der Waals surface area contributed by atoms with Crippen molar-refractivity contribution < 1.29 is 19.5 Å². The zero-order chi connectivity index (χ0) is 24.8. The number of likely N-dealkylation sites (tertiary alicyclic amines) is 1. The third kappa shape index (κ3) is 5.93. The Morgan fingerprint density at radius 3 is 2.69 bits per heavy atom. The molecular formula is C26H29N5O4. The van der Waals surface area contributed by atoms with Gasteiger partial charge in [0.15, 0.2) is 0 Å². The normalized spacial score (nSPS) is 16.2. The molecule has 0 spiro atoms. The molecule has 182 valence electrons. The van der Waals surface area contributed by atoms with Crippen molar-refractivity contribution in [1.82, 2.24) is 20.5 Å². The number of fused-ring (bicyclic) bond motifs is 1. The summed E-state index contributed by atoms with van der Waals surface area (Å²) in [6.07, 6.45) is 3.26. The molecule has 2 heterocycles. The van der Waals surface area contributed by atoms with Gasteiger partial charge in [-0.1, -0.05) is 42.5 Å². The van der Waals surface area contributed by atoms with E-state index in [1.54, 1.807) is 11.1 Å². The van der Waals surface area contributed by atoms with Crippen LogP contribution >= 0.6 is 0 Å². The first kappa shape index (κ1) is 24.2. The van der Waals surface area contributed by atoms with Crippen LogP contribution in [0.5, 0.6) is 0 Å². The summed E-state index contributed by atoms with van der Waals surface area (Å²) in [5.41, 5.74) is 7.77. The number of rotatable bonds is 9. The highest BCUT2D eigenvalue weighted by molar-refractivity contribution is 5.92. The topological polar surface area (TPSA) is 138 Å². The maximum atomic E-state index is 13.4. The molecule has 1 saturated heterocycles. The molecule has 4 rings (SSSR count). The second-order valence-electron chi connectivity index (χ2n) is 8.68. The van der Waals surface area contributed by atoms with Crippen molar-refractivity contribution in [3.63, 3.8) is 0 Å². The van der Waals surface area contributed by atoms with E-state index in [2.05, 4.69) is 15.6 Å². The third-order valence-electron chi connectivity index (χ3n) is 6.25. The van der Waals surface area contributed by atoms with E-state index in [4.69, 9.17) is 10.8 Å². The summed E-state index contributed by atoms with van der Waals surface area (Å²) in [5.74, 6) is -1.11. The lowest BCUT2D eigenvalue weighted by molar-refractivity contribution is -0.141. The van der Waals surface area contributed by atoms with Crippen LogP contribution in [0.4, 0.5) is 5.82 Å². The van der Waals surface area contributed by atoms with E-state index in [0.717, 1.165) is 21.9 Å². The lowest BCUT2D eigenvalue weighted by Crippen LogP contribution is -2.53. The Morgan fingerprint density at radius 1 is 1.11 bits per heavy atom. The van der Waals surface area contributed by atoms with Gasteiger partial charge in [-0.05, 0) is 47.9 Å². The molecule has 0 saturated carbocycles. The number of carboxylic acid groups (broad SMARTS) is 1. The smallest absolute Gasteiger partial charge is 0.317 e. The molecule has 1 aromatic heterocycles. The fourth-order valence-corrected chi connectivity index (χ4v) is 4.47. The Bertz CT molecular complexity index is 1220. The number of anilines is 1. The standard InChI is InChI=1S/C26H29N5O4/c27-24-20-13-18(8-9-19(20)10-11-28-24)15-30-25(34)22-7-4-12-31(22)26(35)21(29-16-23(32)33)14-17-5-2-1-3-6-17/h1-3,5-6,8-11,13,21-22,29H,4,7,12,14-16H2,(H2,27,28)(H,30,34)(H,32,33)/t21?,22-/m0/s1. The molecule has 1 unspecified atom stereocenters. The Kier molecular flexibility index (Phi) is 7.57. The summed E-state index contributed by atoms with van der Waals surface area (Å²) in [6.45, 7) is 0.412. The SMILES string of the molecule is Nc1nccc2ccc(CNC(=O)[C@@H]3CCCN3C(=O)C(Cc3ccccc3)NCC(=O)O)cc12. The third-order valence-corrected chi connectivity index (χ3v) is 6.25. The number of hydrogen-bond acceptors (Lipinski definition) is 6. The lowest BCUT2D eigenvalue weighted by Gasteiger charge is -2.28. The van der Waals surface area contributed by atoms with Gasteiger partial charge in [0.1, 0.15) is 11.9 Å². The number of amides is 2. The molecule has 35 heavy (non-hydrogen) atoms. The molecule has 1 fully saturated rings. The van der Waals surface area contributed by atoms with E-state index in [1.807, 2.05) is 54.6 Å². The van der Waals surface area contributed by atoms with Gasteiger partial charge < -0.3 is 21.1 Å². The van der Waals surface area contributed by atoms with Gasteiger partial charge in [-0.15, -0.1) is 0 Å². The predicted molar refractivity (Wildman–Crippen MR) is 132 cm³/mol. The average Bonchev–Trinajstić information content (AvgIpc) is 3.36. The van der Waals surface area contributed by atoms with E-state index in [-0.39, 0.29) is 18.4 Å². The first-order valence-electron chi connectivity index (χ1n) is 11.6. The molecule has 0 aliphatic carbocycles. The number of carbonyl (C=O) groups excluding carboxylic acids is 2. The molecule has 0 radical (unpaired) electrons. The minimum atomic E-state index is -1.04. The van der Waals surface area contributed by atoms with Crippen LogP contribution in [0.1, 0.15) is 24.0 Å². The highest BCUT2D eigenvalue weighted by Gasteiger charge is 2.37. The molecule has 2 atom stereocenters. The van der Waals surface area contributed by atoms with Crippen molar-refractivity contribution in [3.05, 3.63) is 71.9 Å². The Morgan fingerprint density at radius 2 is 1.91 bits per heavy atom. The second kappa shape index (κ2) is 11.0. The molecular weight excluding hydrogens is 446 g/mol.